The van der Waals surface area contributed by atoms with Crippen LogP contribution in [0.5, 0.6) is 0 Å². The molecule has 0 aliphatic heterocycles. The highest BCUT2D eigenvalue weighted by Gasteiger charge is 2.03. The van der Waals surface area contributed by atoms with Gasteiger partial charge in [-0.05, 0) is 25.0 Å². The average Bonchev–Trinajstić information content (AvgIpc) is 2.15. The summed E-state index contributed by atoms with van der Waals surface area (Å²) in [5.74, 6) is 0. The summed E-state index contributed by atoms with van der Waals surface area (Å²) >= 11 is 0. The van der Waals surface area contributed by atoms with Crippen LogP contribution in [0.2, 0.25) is 0 Å². The van der Waals surface area contributed by atoms with Gasteiger partial charge < -0.3 is 0 Å². The van der Waals surface area contributed by atoms with E-state index in [1.54, 1.807) is 18.3 Å². The summed E-state index contributed by atoms with van der Waals surface area (Å²) in [4.78, 5) is 4.42. The predicted molar refractivity (Wildman–Crippen MR) is 51.4 cm³/mol. The van der Waals surface area contributed by atoms with Gasteiger partial charge in [-0.1, -0.05) is 13.3 Å². The van der Waals surface area contributed by atoms with Crippen LogP contribution in [0.3, 0.4) is 0 Å². The summed E-state index contributed by atoms with van der Waals surface area (Å²) in [5, 5.41) is 0. The Morgan fingerprint density at radius 3 is 2.85 bits per heavy atom. The molecule has 1 aromatic rings. The zero-order valence-electron chi connectivity index (χ0n) is 7.56. The lowest BCUT2D eigenvalue weighted by molar-refractivity contribution is 0.612. The summed E-state index contributed by atoms with van der Waals surface area (Å²) in [7, 11) is -2.50. The Morgan fingerprint density at radius 1 is 1.46 bits per heavy atom. The monoisotopic (exact) mass is 199 g/mol. The van der Waals surface area contributed by atoms with E-state index in [2.05, 4.69) is 11.9 Å². The molecule has 72 valence electrons. The largest absolute Gasteiger partial charge is 0.260 e. The molecule has 0 saturated carbocycles. The van der Waals surface area contributed by atoms with Crippen LogP contribution in [0.1, 0.15) is 25.5 Å². The molecule has 0 unspecified atom stereocenters. The zero-order chi connectivity index (χ0) is 9.68. The van der Waals surface area contributed by atoms with Gasteiger partial charge in [0.05, 0.1) is 10.6 Å². The summed E-state index contributed by atoms with van der Waals surface area (Å²) < 4.78 is 21.6. The second-order valence-corrected chi connectivity index (χ2v) is 3.83. The molecule has 0 radical (unpaired) electrons. The van der Waals surface area contributed by atoms with Crippen LogP contribution < -0.4 is 0 Å². The third-order valence-electron chi connectivity index (χ3n) is 1.83. The van der Waals surface area contributed by atoms with Gasteiger partial charge in [0.15, 0.2) is 10.7 Å². The minimum Gasteiger partial charge on any atom is -0.260 e. The van der Waals surface area contributed by atoms with Crippen molar-refractivity contribution >= 4 is 10.7 Å². The van der Waals surface area contributed by atoms with Crippen LogP contribution in [-0.4, -0.2) is 13.4 Å². The number of aromatic nitrogens is 1. The molecule has 4 heteroatoms. The number of hydrogen-bond donors (Lipinski definition) is 1. The Labute approximate surface area is 79.8 Å². The summed E-state index contributed by atoms with van der Waals surface area (Å²) in [6.45, 7) is 2.07. The van der Waals surface area contributed by atoms with Crippen LogP contribution in [0.25, 0.3) is 0 Å². The maximum Gasteiger partial charge on any atom is 0.170 e. The quantitative estimate of drug-likeness (QED) is 0.745. The lowest BCUT2D eigenvalue weighted by atomic mass is 10.2. The second-order valence-electron chi connectivity index (χ2n) is 2.83. The summed E-state index contributed by atoms with van der Waals surface area (Å²) in [6, 6.07) is 3.25. The highest BCUT2D eigenvalue weighted by molar-refractivity contribution is 7.72. The predicted octanol–water partition coefficient (Wildman–Crippen LogP) is 1.39. The topological polar surface area (TPSA) is 47.0 Å². The maximum atomic E-state index is 10.8. The summed E-state index contributed by atoms with van der Waals surface area (Å²) in [6.07, 6.45) is 4.40. The molecule has 0 saturated heterocycles. The molecular weight excluding hydrogens is 186 g/mol. The lowest BCUT2D eigenvalue weighted by Gasteiger charge is -2.00. The normalized spacial score (nSPS) is 10.6. The minimum absolute atomic E-state index is 0.367. The Hall–Kier alpha value is -0.900. The van der Waals surface area contributed by atoms with Crippen molar-refractivity contribution in [3.63, 3.8) is 0 Å². The third-order valence-corrected chi connectivity index (χ3v) is 2.63. The molecule has 0 N–H and O–H groups in total. The van der Waals surface area contributed by atoms with E-state index in [9.17, 15) is 8.42 Å². The second kappa shape index (κ2) is 4.97. The number of rotatable bonds is 4. The van der Waals surface area contributed by atoms with Gasteiger partial charge in [-0.2, -0.15) is 0 Å². The SMILES string of the molecule is CCCCc1ncccc1[SH](=O)=O. The van der Waals surface area contributed by atoms with Crippen molar-refractivity contribution in [3.8, 4) is 0 Å². The maximum absolute atomic E-state index is 10.8. The molecule has 13 heavy (non-hydrogen) atoms. The molecule has 0 spiro atoms. The van der Waals surface area contributed by atoms with Gasteiger partial charge in [0, 0.05) is 6.20 Å². The first-order valence-corrected chi connectivity index (χ1v) is 5.51. The number of hydrogen-bond acceptors (Lipinski definition) is 3. The van der Waals surface area contributed by atoms with E-state index >= 15 is 0 Å². The van der Waals surface area contributed by atoms with Crippen molar-refractivity contribution in [3.05, 3.63) is 24.0 Å². The molecule has 3 nitrogen and oxygen atoms in total. The van der Waals surface area contributed by atoms with E-state index in [0.29, 0.717) is 10.6 Å². The van der Waals surface area contributed by atoms with Crippen molar-refractivity contribution in [1.29, 1.82) is 0 Å². The van der Waals surface area contributed by atoms with Crippen LogP contribution in [0.15, 0.2) is 23.2 Å². The number of aryl methyl sites for hydroxylation is 1. The fourth-order valence-electron chi connectivity index (χ4n) is 1.13. The molecule has 0 bridgehead atoms. The Bertz CT molecular complexity index is 339. The molecule has 0 aromatic carbocycles. The number of unbranched alkanes of at least 4 members (excludes halogenated alkanes) is 1. The highest BCUT2D eigenvalue weighted by atomic mass is 32.2. The van der Waals surface area contributed by atoms with Crippen molar-refractivity contribution in [2.24, 2.45) is 0 Å². The Morgan fingerprint density at radius 2 is 2.23 bits per heavy atom. The standard InChI is InChI=1S/C9H13NO2S/c1-2-3-5-8-9(13(11)12)6-4-7-10-8/h4,6-7,13H,2-3,5H2,1H3. The van der Waals surface area contributed by atoms with Crippen LogP contribution >= 0.6 is 0 Å². The van der Waals surface area contributed by atoms with Gasteiger partial charge in [0.2, 0.25) is 0 Å². The van der Waals surface area contributed by atoms with Crippen LogP contribution in [0.4, 0.5) is 0 Å². The number of pyridine rings is 1. The molecule has 0 aliphatic carbocycles. The first kappa shape index (κ1) is 10.2. The fraction of sp³-hybridized carbons (Fsp3) is 0.444. The minimum atomic E-state index is -2.50. The molecule has 1 heterocycles. The first-order valence-electron chi connectivity index (χ1n) is 4.34. The van der Waals surface area contributed by atoms with Crippen LogP contribution in [-0.2, 0) is 17.1 Å². The third kappa shape index (κ3) is 2.81. The Balaban J connectivity index is 2.91. The van der Waals surface area contributed by atoms with Crippen molar-refractivity contribution < 1.29 is 8.42 Å². The van der Waals surface area contributed by atoms with Gasteiger partial charge in [-0.3, -0.25) is 4.98 Å². The van der Waals surface area contributed by atoms with E-state index in [1.807, 2.05) is 0 Å². The first-order chi connectivity index (χ1) is 6.25. The Kier molecular flexibility index (Phi) is 3.89. The van der Waals surface area contributed by atoms with Gasteiger partial charge in [0.1, 0.15) is 0 Å². The van der Waals surface area contributed by atoms with E-state index in [1.165, 1.54) is 0 Å². The highest BCUT2D eigenvalue weighted by Crippen LogP contribution is 2.09. The van der Waals surface area contributed by atoms with Gasteiger partial charge in [-0.15, -0.1) is 0 Å². The number of nitrogens with zero attached hydrogens (tertiary/aromatic N) is 1. The van der Waals surface area contributed by atoms with Crippen molar-refractivity contribution in [2.45, 2.75) is 31.1 Å². The van der Waals surface area contributed by atoms with E-state index in [0.717, 1.165) is 19.3 Å². The van der Waals surface area contributed by atoms with E-state index < -0.39 is 10.7 Å². The van der Waals surface area contributed by atoms with Gasteiger partial charge in [-0.25, -0.2) is 8.42 Å². The van der Waals surface area contributed by atoms with Crippen molar-refractivity contribution in [1.82, 2.24) is 4.98 Å². The summed E-state index contributed by atoms with van der Waals surface area (Å²) in [5.41, 5.74) is 0.695. The van der Waals surface area contributed by atoms with Gasteiger partial charge >= 0.3 is 0 Å². The zero-order valence-corrected chi connectivity index (χ0v) is 8.46. The van der Waals surface area contributed by atoms with Crippen molar-refractivity contribution in [2.75, 3.05) is 0 Å². The van der Waals surface area contributed by atoms with E-state index in [4.69, 9.17) is 0 Å². The number of thiol groups is 1. The molecule has 0 aliphatic rings. The molecule has 0 amide bonds. The molecular formula is C9H13NO2S. The molecule has 0 fully saturated rings. The average molecular weight is 199 g/mol. The molecule has 1 aromatic heterocycles. The van der Waals surface area contributed by atoms with Gasteiger partial charge in [0.25, 0.3) is 0 Å². The fourth-order valence-corrected chi connectivity index (χ4v) is 1.72. The smallest absolute Gasteiger partial charge is 0.170 e. The molecule has 0 atom stereocenters. The van der Waals surface area contributed by atoms with E-state index in [-0.39, 0.29) is 0 Å². The molecule has 1 rings (SSSR count). The lowest BCUT2D eigenvalue weighted by Crippen LogP contribution is -1.95. The van der Waals surface area contributed by atoms with Crippen LogP contribution in [0, 0.1) is 0 Å².